The summed E-state index contributed by atoms with van der Waals surface area (Å²) in [5.41, 5.74) is 2.81. The minimum atomic E-state index is -0.236. The number of amides is 2. The maximum Gasteiger partial charge on any atom is 0.319 e. The second-order valence-corrected chi connectivity index (χ2v) is 5.76. The average molecular weight is 328 g/mol. The van der Waals surface area contributed by atoms with Crippen LogP contribution in [-0.4, -0.2) is 43.2 Å². The fourth-order valence-corrected chi connectivity index (χ4v) is 2.02. The van der Waals surface area contributed by atoms with E-state index in [9.17, 15) is 4.79 Å². The Morgan fingerprint density at radius 2 is 1.79 bits per heavy atom. The third-order valence-electron chi connectivity index (χ3n) is 3.30. The van der Waals surface area contributed by atoms with Gasteiger partial charge in [0.1, 0.15) is 5.82 Å². The molecule has 0 unspecified atom stereocenters. The Bertz CT molecular complexity index is 684. The maximum atomic E-state index is 11.8. The average Bonchev–Trinajstić information content (AvgIpc) is 2.53. The van der Waals surface area contributed by atoms with Gasteiger partial charge in [-0.2, -0.15) is 4.98 Å². The van der Waals surface area contributed by atoms with Crippen LogP contribution in [0.2, 0.25) is 0 Å². The number of nitrogens with zero attached hydrogens (tertiary/aromatic N) is 3. The van der Waals surface area contributed by atoms with E-state index in [4.69, 9.17) is 0 Å². The molecule has 7 nitrogen and oxygen atoms in total. The summed E-state index contributed by atoms with van der Waals surface area (Å²) in [6.07, 6.45) is 0. The zero-order valence-corrected chi connectivity index (χ0v) is 14.6. The Labute approximate surface area is 142 Å². The smallest absolute Gasteiger partial charge is 0.319 e. The molecule has 24 heavy (non-hydrogen) atoms. The third-order valence-corrected chi connectivity index (χ3v) is 3.30. The number of aryl methyl sites for hydroxylation is 2. The van der Waals surface area contributed by atoms with E-state index in [1.165, 1.54) is 0 Å². The van der Waals surface area contributed by atoms with Crippen LogP contribution < -0.4 is 20.9 Å². The van der Waals surface area contributed by atoms with Crippen LogP contribution in [-0.2, 0) is 0 Å². The van der Waals surface area contributed by atoms with Crippen molar-refractivity contribution in [1.82, 2.24) is 15.3 Å². The SMILES string of the molecule is Cc1ccc(NC(=O)NCCNc2nc(C)cc(N(C)C)n2)cc1. The summed E-state index contributed by atoms with van der Waals surface area (Å²) >= 11 is 0. The fourth-order valence-electron chi connectivity index (χ4n) is 2.02. The van der Waals surface area contributed by atoms with Crippen molar-refractivity contribution in [2.45, 2.75) is 13.8 Å². The van der Waals surface area contributed by atoms with E-state index in [1.807, 2.05) is 63.2 Å². The van der Waals surface area contributed by atoms with Crippen LogP contribution >= 0.6 is 0 Å². The number of rotatable bonds is 6. The minimum Gasteiger partial charge on any atom is -0.363 e. The Kier molecular flexibility index (Phi) is 5.95. The molecule has 0 radical (unpaired) electrons. The lowest BCUT2D eigenvalue weighted by atomic mass is 10.2. The number of carbonyl (C=O) groups is 1. The topological polar surface area (TPSA) is 82.2 Å². The molecule has 1 aromatic carbocycles. The van der Waals surface area contributed by atoms with Crippen LogP contribution in [0.5, 0.6) is 0 Å². The first kappa shape index (κ1) is 17.5. The number of nitrogens with one attached hydrogen (secondary N) is 3. The monoisotopic (exact) mass is 328 g/mol. The Morgan fingerprint density at radius 3 is 2.46 bits per heavy atom. The molecule has 1 heterocycles. The second-order valence-electron chi connectivity index (χ2n) is 5.76. The maximum absolute atomic E-state index is 11.8. The summed E-state index contributed by atoms with van der Waals surface area (Å²) in [4.78, 5) is 22.5. The van der Waals surface area contributed by atoms with Crippen LogP contribution in [0, 0.1) is 13.8 Å². The van der Waals surface area contributed by atoms with Crippen molar-refractivity contribution in [1.29, 1.82) is 0 Å². The molecule has 0 aliphatic heterocycles. The molecule has 0 saturated carbocycles. The highest BCUT2D eigenvalue weighted by Crippen LogP contribution is 2.11. The van der Waals surface area contributed by atoms with Gasteiger partial charge in [0.15, 0.2) is 0 Å². The fraction of sp³-hybridized carbons (Fsp3) is 0.353. The van der Waals surface area contributed by atoms with Gasteiger partial charge in [-0.3, -0.25) is 0 Å². The van der Waals surface area contributed by atoms with E-state index < -0.39 is 0 Å². The first-order valence-corrected chi connectivity index (χ1v) is 7.82. The third kappa shape index (κ3) is 5.42. The van der Waals surface area contributed by atoms with Crippen molar-refractivity contribution in [2.75, 3.05) is 42.7 Å². The van der Waals surface area contributed by atoms with Gasteiger partial charge in [-0.15, -0.1) is 0 Å². The molecule has 0 atom stereocenters. The molecule has 2 rings (SSSR count). The first-order valence-electron chi connectivity index (χ1n) is 7.82. The molecule has 128 valence electrons. The summed E-state index contributed by atoms with van der Waals surface area (Å²) < 4.78 is 0. The molecular weight excluding hydrogens is 304 g/mol. The van der Waals surface area contributed by atoms with E-state index in [-0.39, 0.29) is 6.03 Å². The molecule has 3 N–H and O–H groups in total. The lowest BCUT2D eigenvalue weighted by Gasteiger charge is -2.14. The predicted molar refractivity (Wildman–Crippen MR) is 97.8 cm³/mol. The van der Waals surface area contributed by atoms with E-state index in [1.54, 1.807) is 0 Å². The van der Waals surface area contributed by atoms with Crippen molar-refractivity contribution in [3.05, 3.63) is 41.6 Å². The normalized spacial score (nSPS) is 10.2. The number of urea groups is 1. The molecule has 2 aromatic rings. The molecule has 2 amide bonds. The van der Waals surface area contributed by atoms with E-state index in [0.29, 0.717) is 19.0 Å². The van der Waals surface area contributed by atoms with Crippen LogP contribution in [0.15, 0.2) is 30.3 Å². The van der Waals surface area contributed by atoms with Crippen LogP contribution in [0.25, 0.3) is 0 Å². The van der Waals surface area contributed by atoms with Crippen molar-refractivity contribution >= 4 is 23.5 Å². The van der Waals surface area contributed by atoms with Crippen molar-refractivity contribution < 1.29 is 4.79 Å². The van der Waals surface area contributed by atoms with Crippen molar-refractivity contribution in [3.63, 3.8) is 0 Å². The lowest BCUT2D eigenvalue weighted by molar-refractivity contribution is 0.252. The number of hydrogen-bond acceptors (Lipinski definition) is 5. The van der Waals surface area contributed by atoms with Gasteiger partial charge in [-0.25, -0.2) is 9.78 Å². The van der Waals surface area contributed by atoms with Crippen LogP contribution in [0.3, 0.4) is 0 Å². The summed E-state index contributed by atoms with van der Waals surface area (Å²) in [6.45, 7) is 4.93. The van der Waals surface area contributed by atoms with Gasteiger partial charge in [-0.05, 0) is 26.0 Å². The predicted octanol–water partition coefficient (Wildman–Crippen LogP) is 2.39. The molecule has 0 spiro atoms. The Morgan fingerprint density at radius 1 is 1.08 bits per heavy atom. The minimum absolute atomic E-state index is 0.236. The molecule has 1 aromatic heterocycles. The Hall–Kier alpha value is -2.83. The first-order chi connectivity index (χ1) is 11.4. The van der Waals surface area contributed by atoms with Gasteiger partial charge >= 0.3 is 6.03 Å². The molecule has 0 saturated heterocycles. The second kappa shape index (κ2) is 8.14. The van der Waals surface area contributed by atoms with E-state index in [2.05, 4.69) is 25.9 Å². The van der Waals surface area contributed by atoms with Gasteiger partial charge < -0.3 is 20.9 Å². The highest BCUT2D eigenvalue weighted by Gasteiger charge is 2.04. The standard InChI is InChI=1S/C17H24N6O/c1-12-5-7-14(8-6-12)21-17(24)19-10-9-18-16-20-13(2)11-15(22-16)23(3)4/h5-8,11H,9-10H2,1-4H3,(H,18,20,22)(H2,19,21,24). The largest absolute Gasteiger partial charge is 0.363 e. The van der Waals surface area contributed by atoms with Crippen LogP contribution in [0.4, 0.5) is 22.2 Å². The lowest BCUT2D eigenvalue weighted by Crippen LogP contribution is -2.32. The van der Waals surface area contributed by atoms with E-state index >= 15 is 0 Å². The summed E-state index contributed by atoms with van der Waals surface area (Å²) in [5.74, 6) is 1.40. The number of hydrogen-bond donors (Lipinski definition) is 3. The van der Waals surface area contributed by atoms with Gasteiger partial charge in [0.05, 0.1) is 0 Å². The molecule has 0 aliphatic rings. The zero-order chi connectivity index (χ0) is 17.5. The van der Waals surface area contributed by atoms with Gasteiger partial charge in [-0.1, -0.05) is 17.7 Å². The quantitative estimate of drug-likeness (QED) is 0.709. The molecule has 0 bridgehead atoms. The molecular formula is C17H24N6O. The van der Waals surface area contributed by atoms with Crippen molar-refractivity contribution in [3.8, 4) is 0 Å². The van der Waals surface area contributed by atoms with Crippen molar-refractivity contribution in [2.24, 2.45) is 0 Å². The number of benzene rings is 1. The zero-order valence-electron chi connectivity index (χ0n) is 14.6. The summed E-state index contributed by atoms with van der Waals surface area (Å²) in [7, 11) is 3.87. The molecule has 7 heteroatoms. The molecule has 0 fully saturated rings. The summed E-state index contributed by atoms with van der Waals surface area (Å²) in [5, 5.41) is 8.69. The summed E-state index contributed by atoms with van der Waals surface area (Å²) in [6, 6.07) is 9.33. The number of anilines is 3. The van der Waals surface area contributed by atoms with Gasteiger partial charge in [0, 0.05) is 44.6 Å². The van der Waals surface area contributed by atoms with Gasteiger partial charge in [0.25, 0.3) is 0 Å². The highest BCUT2D eigenvalue weighted by atomic mass is 16.2. The van der Waals surface area contributed by atoms with E-state index in [0.717, 1.165) is 22.8 Å². The number of aromatic nitrogens is 2. The van der Waals surface area contributed by atoms with Crippen LogP contribution in [0.1, 0.15) is 11.3 Å². The Balaban J connectivity index is 1.76. The molecule has 0 aliphatic carbocycles. The highest BCUT2D eigenvalue weighted by molar-refractivity contribution is 5.89. The number of carbonyl (C=O) groups excluding carboxylic acids is 1. The van der Waals surface area contributed by atoms with Gasteiger partial charge in [0.2, 0.25) is 5.95 Å².